The van der Waals surface area contributed by atoms with Crippen molar-refractivity contribution in [3.8, 4) is 0 Å². The van der Waals surface area contributed by atoms with Crippen molar-refractivity contribution >= 4 is 23.0 Å². The highest BCUT2D eigenvalue weighted by Crippen LogP contribution is 2.23. The molecule has 0 unspecified atom stereocenters. The summed E-state index contributed by atoms with van der Waals surface area (Å²) in [7, 11) is 0. The third-order valence-corrected chi connectivity index (χ3v) is 4.69. The molecule has 0 spiro atoms. The van der Waals surface area contributed by atoms with Crippen molar-refractivity contribution in [2.24, 2.45) is 5.92 Å². The summed E-state index contributed by atoms with van der Waals surface area (Å²) in [5.41, 5.74) is 0.667. The van der Waals surface area contributed by atoms with Crippen LogP contribution in [0.4, 0.5) is 0 Å². The Kier molecular flexibility index (Phi) is 4.10. The quantitative estimate of drug-likeness (QED) is 0.819. The van der Waals surface area contributed by atoms with Crippen molar-refractivity contribution in [2.75, 3.05) is 13.1 Å². The number of hydrogen-bond acceptors (Lipinski definition) is 4. The fraction of sp³-hybridized carbons (Fsp3) is 0.312. The largest absolute Gasteiger partial charge is 0.338 e. The van der Waals surface area contributed by atoms with Crippen LogP contribution in [0.15, 0.2) is 42.0 Å². The van der Waals surface area contributed by atoms with Gasteiger partial charge in [-0.3, -0.25) is 14.6 Å². The molecule has 0 N–H and O–H groups in total. The number of piperidine rings is 1. The number of carbonyl (C=O) groups is 2. The highest BCUT2D eigenvalue weighted by Gasteiger charge is 2.28. The first-order valence-electron chi connectivity index (χ1n) is 7.03. The molecule has 1 amide bonds. The Labute approximate surface area is 127 Å². The first-order valence-corrected chi connectivity index (χ1v) is 7.90. The Morgan fingerprint density at radius 1 is 1.19 bits per heavy atom. The standard InChI is InChI=1S/C16H16N2O2S/c19-15(13-3-1-7-17-11-13)12-5-8-18(9-6-12)16(20)14-4-2-10-21-14/h1-4,7,10-12H,5-6,8-9H2. The van der Waals surface area contributed by atoms with Gasteiger partial charge in [0.25, 0.3) is 5.91 Å². The van der Waals surface area contributed by atoms with E-state index >= 15 is 0 Å². The van der Waals surface area contributed by atoms with E-state index in [0.29, 0.717) is 18.7 Å². The minimum absolute atomic E-state index is 0.00147. The van der Waals surface area contributed by atoms with Crippen molar-refractivity contribution in [1.29, 1.82) is 0 Å². The second-order valence-electron chi connectivity index (χ2n) is 5.15. The van der Waals surface area contributed by atoms with E-state index in [1.165, 1.54) is 11.3 Å². The molecule has 21 heavy (non-hydrogen) atoms. The van der Waals surface area contributed by atoms with Crippen LogP contribution in [-0.2, 0) is 0 Å². The van der Waals surface area contributed by atoms with Gasteiger partial charge in [-0.05, 0) is 36.4 Å². The number of amides is 1. The molecule has 4 nitrogen and oxygen atoms in total. The summed E-state index contributed by atoms with van der Waals surface area (Å²) in [6, 6.07) is 7.32. The lowest BCUT2D eigenvalue weighted by molar-refractivity contribution is 0.0654. The van der Waals surface area contributed by atoms with Gasteiger partial charge >= 0.3 is 0 Å². The van der Waals surface area contributed by atoms with E-state index in [9.17, 15) is 9.59 Å². The summed E-state index contributed by atoms with van der Waals surface area (Å²) in [4.78, 5) is 31.2. The number of likely N-dealkylation sites (tertiary alicyclic amines) is 1. The maximum Gasteiger partial charge on any atom is 0.263 e. The van der Waals surface area contributed by atoms with Crippen LogP contribution in [0.2, 0.25) is 0 Å². The van der Waals surface area contributed by atoms with Crippen molar-refractivity contribution < 1.29 is 9.59 Å². The fourth-order valence-corrected chi connectivity index (χ4v) is 3.34. The molecule has 0 radical (unpaired) electrons. The zero-order valence-electron chi connectivity index (χ0n) is 11.6. The molecule has 108 valence electrons. The Hall–Kier alpha value is -2.01. The Balaban J connectivity index is 1.60. The highest BCUT2D eigenvalue weighted by atomic mass is 32.1. The summed E-state index contributed by atoms with van der Waals surface area (Å²) in [5.74, 6) is 0.227. The van der Waals surface area contributed by atoms with Gasteiger partial charge in [-0.25, -0.2) is 0 Å². The SMILES string of the molecule is O=C(c1cccnc1)C1CCN(C(=O)c2cccs2)CC1. The minimum Gasteiger partial charge on any atom is -0.338 e. The summed E-state index contributed by atoms with van der Waals surface area (Å²) in [6.07, 6.45) is 4.74. The Bertz CT molecular complexity index is 617. The number of Topliss-reactive ketones (excluding diaryl/α,β-unsaturated/α-hetero) is 1. The van der Waals surface area contributed by atoms with Crippen LogP contribution in [0.25, 0.3) is 0 Å². The fourth-order valence-electron chi connectivity index (χ4n) is 2.65. The molecule has 0 bridgehead atoms. The van der Waals surface area contributed by atoms with Gasteiger partial charge in [0, 0.05) is 37.0 Å². The molecule has 3 heterocycles. The van der Waals surface area contributed by atoms with E-state index in [2.05, 4.69) is 4.98 Å². The molecule has 0 atom stereocenters. The second-order valence-corrected chi connectivity index (χ2v) is 6.10. The van der Waals surface area contributed by atoms with Crippen LogP contribution in [-0.4, -0.2) is 34.7 Å². The summed E-state index contributed by atoms with van der Waals surface area (Å²) in [6.45, 7) is 1.29. The predicted octanol–water partition coefficient (Wildman–Crippen LogP) is 2.88. The smallest absolute Gasteiger partial charge is 0.263 e. The zero-order chi connectivity index (χ0) is 14.7. The second kappa shape index (κ2) is 6.18. The monoisotopic (exact) mass is 300 g/mol. The Morgan fingerprint density at radius 3 is 2.62 bits per heavy atom. The summed E-state index contributed by atoms with van der Waals surface area (Å²) < 4.78 is 0. The molecule has 1 saturated heterocycles. The molecule has 2 aromatic rings. The van der Waals surface area contributed by atoms with E-state index < -0.39 is 0 Å². The third-order valence-electron chi connectivity index (χ3n) is 3.83. The average molecular weight is 300 g/mol. The van der Waals surface area contributed by atoms with Crippen molar-refractivity contribution in [2.45, 2.75) is 12.8 Å². The maximum atomic E-state index is 12.4. The highest BCUT2D eigenvalue weighted by molar-refractivity contribution is 7.12. The number of aromatic nitrogens is 1. The van der Waals surface area contributed by atoms with Crippen LogP contribution >= 0.6 is 11.3 Å². The molecule has 0 saturated carbocycles. The van der Waals surface area contributed by atoms with E-state index in [0.717, 1.165) is 17.7 Å². The van der Waals surface area contributed by atoms with Crippen molar-refractivity contribution in [3.63, 3.8) is 0 Å². The molecular weight excluding hydrogens is 284 g/mol. The van der Waals surface area contributed by atoms with E-state index in [-0.39, 0.29) is 17.6 Å². The number of nitrogens with zero attached hydrogens (tertiary/aromatic N) is 2. The van der Waals surface area contributed by atoms with Gasteiger partial charge in [0.15, 0.2) is 5.78 Å². The van der Waals surface area contributed by atoms with Gasteiger partial charge in [0.1, 0.15) is 0 Å². The van der Waals surface area contributed by atoms with Gasteiger partial charge in [0.05, 0.1) is 4.88 Å². The van der Waals surface area contributed by atoms with E-state index in [1.807, 2.05) is 22.4 Å². The molecule has 1 fully saturated rings. The van der Waals surface area contributed by atoms with Gasteiger partial charge in [-0.2, -0.15) is 0 Å². The van der Waals surface area contributed by atoms with E-state index in [1.54, 1.807) is 24.5 Å². The topological polar surface area (TPSA) is 50.3 Å². The van der Waals surface area contributed by atoms with Crippen LogP contribution < -0.4 is 0 Å². The van der Waals surface area contributed by atoms with Crippen LogP contribution in [0.3, 0.4) is 0 Å². The number of thiophene rings is 1. The van der Waals surface area contributed by atoms with Crippen molar-refractivity contribution in [1.82, 2.24) is 9.88 Å². The summed E-state index contributed by atoms with van der Waals surface area (Å²) in [5, 5.41) is 1.91. The molecule has 3 rings (SSSR count). The molecule has 2 aromatic heterocycles. The molecule has 0 aliphatic carbocycles. The van der Waals surface area contributed by atoms with Crippen LogP contribution in [0, 0.1) is 5.92 Å². The van der Waals surface area contributed by atoms with E-state index in [4.69, 9.17) is 0 Å². The minimum atomic E-state index is 0.00147. The average Bonchev–Trinajstić information content (AvgIpc) is 3.09. The first-order chi connectivity index (χ1) is 10.3. The number of hydrogen-bond donors (Lipinski definition) is 0. The number of ketones is 1. The maximum absolute atomic E-state index is 12.4. The Morgan fingerprint density at radius 2 is 2.00 bits per heavy atom. The molecule has 5 heteroatoms. The van der Waals surface area contributed by atoms with Gasteiger partial charge < -0.3 is 4.90 Å². The predicted molar refractivity (Wildman–Crippen MR) is 81.5 cm³/mol. The summed E-state index contributed by atoms with van der Waals surface area (Å²) >= 11 is 1.46. The van der Waals surface area contributed by atoms with Gasteiger partial charge in [-0.1, -0.05) is 6.07 Å². The molecule has 1 aliphatic heterocycles. The molecule has 1 aliphatic rings. The number of pyridine rings is 1. The molecular formula is C16H16N2O2S. The lowest BCUT2D eigenvalue weighted by Gasteiger charge is -2.31. The lowest BCUT2D eigenvalue weighted by atomic mass is 9.89. The van der Waals surface area contributed by atoms with Crippen LogP contribution in [0.1, 0.15) is 32.9 Å². The normalized spacial score (nSPS) is 15.9. The number of rotatable bonds is 3. The molecule has 0 aromatic carbocycles. The van der Waals surface area contributed by atoms with Crippen molar-refractivity contribution in [3.05, 3.63) is 52.5 Å². The zero-order valence-corrected chi connectivity index (χ0v) is 12.4. The van der Waals surface area contributed by atoms with Gasteiger partial charge in [0.2, 0.25) is 0 Å². The van der Waals surface area contributed by atoms with Crippen LogP contribution in [0.5, 0.6) is 0 Å². The number of carbonyl (C=O) groups excluding carboxylic acids is 2. The third kappa shape index (κ3) is 3.03. The lowest BCUT2D eigenvalue weighted by Crippen LogP contribution is -2.40. The first kappa shape index (κ1) is 13.9. The van der Waals surface area contributed by atoms with Gasteiger partial charge in [-0.15, -0.1) is 11.3 Å².